The van der Waals surface area contributed by atoms with Crippen LogP contribution in [0.25, 0.3) is 22.4 Å². The molecule has 0 bridgehead atoms. The van der Waals surface area contributed by atoms with E-state index in [4.69, 9.17) is 5.41 Å². The van der Waals surface area contributed by atoms with Gasteiger partial charge in [-0.2, -0.15) is 0 Å². The van der Waals surface area contributed by atoms with Crippen LogP contribution in [0.1, 0.15) is 16.8 Å². The lowest BCUT2D eigenvalue weighted by molar-refractivity contribution is 0.784. The molecular weight excluding hydrogens is 328 g/mol. The van der Waals surface area contributed by atoms with E-state index in [-0.39, 0.29) is 0 Å². The SMILES string of the molecule is Cc1c(C=N)c(-c2ccccc2)c(-c2ccccc2)n1Cc1ccccc1. The Kier molecular flexibility index (Phi) is 4.71. The first-order valence-corrected chi connectivity index (χ1v) is 9.18. The molecular formula is C25H22N2. The van der Waals surface area contributed by atoms with Gasteiger partial charge in [0.05, 0.1) is 5.69 Å². The van der Waals surface area contributed by atoms with Gasteiger partial charge < -0.3 is 9.98 Å². The van der Waals surface area contributed by atoms with Crippen molar-refractivity contribution in [3.05, 3.63) is 108 Å². The fourth-order valence-corrected chi connectivity index (χ4v) is 3.69. The predicted molar refractivity (Wildman–Crippen MR) is 113 cm³/mol. The van der Waals surface area contributed by atoms with Crippen LogP contribution in [0.2, 0.25) is 0 Å². The van der Waals surface area contributed by atoms with Gasteiger partial charge in [0.2, 0.25) is 0 Å². The molecule has 0 unspecified atom stereocenters. The quantitative estimate of drug-likeness (QED) is 0.417. The van der Waals surface area contributed by atoms with Gasteiger partial charge in [0.25, 0.3) is 0 Å². The maximum Gasteiger partial charge on any atom is 0.0572 e. The molecule has 1 heterocycles. The van der Waals surface area contributed by atoms with E-state index in [0.717, 1.165) is 28.9 Å². The van der Waals surface area contributed by atoms with Crippen LogP contribution in [0.4, 0.5) is 0 Å². The molecule has 0 aliphatic heterocycles. The smallest absolute Gasteiger partial charge is 0.0572 e. The second kappa shape index (κ2) is 7.46. The van der Waals surface area contributed by atoms with Crippen molar-refractivity contribution in [2.24, 2.45) is 0 Å². The van der Waals surface area contributed by atoms with Gasteiger partial charge in [0.15, 0.2) is 0 Å². The number of hydrogen-bond acceptors (Lipinski definition) is 1. The first kappa shape index (κ1) is 17.0. The summed E-state index contributed by atoms with van der Waals surface area (Å²) in [7, 11) is 0. The largest absolute Gasteiger partial charge is 0.339 e. The van der Waals surface area contributed by atoms with Gasteiger partial charge in [-0.25, -0.2) is 0 Å². The van der Waals surface area contributed by atoms with Crippen LogP contribution in [0.15, 0.2) is 91.0 Å². The van der Waals surface area contributed by atoms with E-state index in [2.05, 4.69) is 84.3 Å². The lowest BCUT2D eigenvalue weighted by Crippen LogP contribution is -2.04. The maximum atomic E-state index is 8.09. The average Bonchev–Trinajstić information content (AvgIpc) is 3.01. The van der Waals surface area contributed by atoms with Crippen molar-refractivity contribution in [2.45, 2.75) is 13.5 Å². The van der Waals surface area contributed by atoms with Crippen LogP contribution in [0.5, 0.6) is 0 Å². The molecule has 1 N–H and O–H groups in total. The molecule has 0 aliphatic carbocycles. The summed E-state index contributed by atoms with van der Waals surface area (Å²) in [5.41, 5.74) is 7.96. The van der Waals surface area contributed by atoms with E-state index >= 15 is 0 Å². The Hall–Kier alpha value is -3.39. The van der Waals surface area contributed by atoms with Crippen molar-refractivity contribution in [2.75, 3.05) is 0 Å². The summed E-state index contributed by atoms with van der Waals surface area (Å²) in [6.07, 6.45) is 1.49. The molecule has 2 heteroatoms. The van der Waals surface area contributed by atoms with E-state index in [9.17, 15) is 0 Å². The van der Waals surface area contributed by atoms with Gasteiger partial charge in [-0.3, -0.25) is 0 Å². The highest BCUT2D eigenvalue weighted by atomic mass is 15.0. The number of rotatable bonds is 5. The van der Waals surface area contributed by atoms with Gasteiger partial charge in [-0.15, -0.1) is 0 Å². The number of aromatic nitrogens is 1. The summed E-state index contributed by atoms with van der Waals surface area (Å²) < 4.78 is 2.34. The summed E-state index contributed by atoms with van der Waals surface area (Å²) in [6.45, 7) is 2.90. The normalized spacial score (nSPS) is 10.7. The average molecular weight is 350 g/mol. The topological polar surface area (TPSA) is 28.8 Å². The summed E-state index contributed by atoms with van der Waals surface area (Å²) in [5.74, 6) is 0. The Bertz CT molecular complexity index is 1050. The summed E-state index contributed by atoms with van der Waals surface area (Å²) in [6, 6.07) is 31.4. The van der Waals surface area contributed by atoms with Crippen molar-refractivity contribution in [3.8, 4) is 22.4 Å². The fourth-order valence-electron chi connectivity index (χ4n) is 3.69. The highest BCUT2D eigenvalue weighted by Crippen LogP contribution is 2.38. The molecule has 4 aromatic rings. The Labute approximate surface area is 160 Å². The molecule has 27 heavy (non-hydrogen) atoms. The van der Waals surface area contributed by atoms with Gasteiger partial charge in [0, 0.05) is 29.6 Å². The molecule has 0 saturated carbocycles. The van der Waals surface area contributed by atoms with Crippen molar-refractivity contribution < 1.29 is 0 Å². The molecule has 0 fully saturated rings. The predicted octanol–water partition coefficient (Wildman–Crippen LogP) is 6.18. The number of hydrogen-bond donors (Lipinski definition) is 1. The second-order valence-corrected chi connectivity index (χ2v) is 6.67. The maximum absolute atomic E-state index is 8.09. The van der Waals surface area contributed by atoms with E-state index in [0.29, 0.717) is 0 Å². The standard InChI is InChI=1S/C25H22N2/c1-19-23(17-26)24(21-13-7-3-8-14-21)25(22-15-9-4-10-16-22)27(19)18-20-11-5-2-6-12-20/h2-17,26H,18H2,1H3. The minimum absolute atomic E-state index is 0.782. The zero-order valence-electron chi connectivity index (χ0n) is 15.4. The molecule has 4 rings (SSSR count). The molecule has 2 nitrogen and oxygen atoms in total. The van der Waals surface area contributed by atoms with Gasteiger partial charge >= 0.3 is 0 Å². The third kappa shape index (κ3) is 3.22. The first-order chi connectivity index (χ1) is 13.3. The van der Waals surface area contributed by atoms with Crippen molar-refractivity contribution in [1.82, 2.24) is 4.57 Å². The Morgan fingerprint density at radius 2 is 1.26 bits per heavy atom. The van der Waals surface area contributed by atoms with Gasteiger partial charge in [-0.05, 0) is 23.6 Å². The van der Waals surface area contributed by atoms with Crippen molar-refractivity contribution in [3.63, 3.8) is 0 Å². The lowest BCUT2D eigenvalue weighted by Gasteiger charge is -2.14. The third-order valence-corrected chi connectivity index (χ3v) is 5.01. The molecule has 3 aromatic carbocycles. The van der Waals surface area contributed by atoms with E-state index in [1.54, 1.807) is 0 Å². The van der Waals surface area contributed by atoms with Gasteiger partial charge in [-0.1, -0.05) is 91.0 Å². The van der Waals surface area contributed by atoms with Crippen molar-refractivity contribution in [1.29, 1.82) is 5.41 Å². The van der Waals surface area contributed by atoms with Crippen molar-refractivity contribution >= 4 is 6.21 Å². The highest BCUT2D eigenvalue weighted by molar-refractivity contribution is 5.98. The van der Waals surface area contributed by atoms with Crippen LogP contribution < -0.4 is 0 Å². The third-order valence-electron chi connectivity index (χ3n) is 5.01. The Balaban J connectivity index is 2.01. The highest BCUT2D eigenvalue weighted by Gasteiger charge is 2.21. The molecule has 0 amide bonds. The van der Waals surface area contributed by atoms with E-state index < -0.39 is 0 Å². The van der Waals surface area contributed by atoms with Crippen LogP contribution in [0.3, 0.4) is 0 Å². The van der Waals surface area contributed by atoms with E-state index in [1.807, 2.05) is 18.2 Å². The molecule has 0 radical (unpaired) electrons. The monoisotopic (exact) mass is 350 g/mol. The zero-order chi connectivity index (χ0) is 18.6. The fraction of sp³-hybridized carbons (Fsp3) is 0.0800. The molecule has 132 valence electrons. The lowest BCUT2D eigenvalue weighted by atomic mass is 9.97. The molecule has 0 aliphatic rings. The van der Waals surface area contributed by atoms with Crippen LogP contribution >= 0.6 is 0 Å². The van der Waals surface area contributed by atoms with Crippen LogP contribution in [0, 0.1) is 12.3 Å². The number of nitrogens with zero attached hydrogens (tertiary/aromatic N) is 1. The summed E-state index contributed by atoms with van der Waals surface area (Å²) in [4.78, 5) is 0. The number of nitrogens with one attached hydrogen (secondary N) is 1. The Morgan fingerprint density at radius 1 is 0.741 bits per heavy atom. The molecule has 0 atom stereocenters. The second-order valence-electron chi connectivity index (χ2n) is 6.67. The Morgan fingerprint density at radius 3 is 1.81 bits per heavy atom. The molecule has 1 aromatic heterocycles. The summed E-state index contributed by atoms with van der Waals surface area (Å²) in [5, 5.41) is 8.09. The van der Waals surface area contributed by atoms with Crippen LogP contribution in [-0.4, -0.2) is 10.8 Å². The zero-order valence-corrected chi connectivity index (χ0v) is 15.4. The molecule has 0 spiro atoms. The minimum atomic E-state index is 0.782. The first-order valence-electron chi connectivity index (χ1n) is 9.18. The minimum Gasteiger partial charge on any atom is -0.339 e. The number of benzene rings is 3. The van der Waals surface area contributed by atoms with Crippen LogP contribution in [-0.2, 0) is 6.54 Å². The van der Waals surface area contributed by atoms with E-state index in [1.165, 1.54) is 23.0 Å². The van der Waals surface area contributed by atoms with Gasteiger partial charge in [0.1, 0.15) is 0 Å². The summed E-state index contributed by atoms with van der Waals surface area (Å²) >= 11 is 0. The molecule has 0 saturated heterocycles.